The van der Waals surface area contributed by atoms with Gasteiger partial charge in [-0.15, -0.1) is 0 Å². The van der Waals surface area contributed by atoms with Crippen LogP contribution in [-0.4, -0.2) is 11.2 Å². The minimum absolute atomic E-state index is 0.0301. The Balaban J connectivity index is 2.24. The molecule has 2 unspecified atom stereocenters. The normalized spacial score (nSPS) is 30.0. The molecule has 0 saturated heterocycles. The van der Waals surface area contributed by atoms with Crippen molar-refractivity contribution >= 4 is 0 Å². The number of hydrogen-bond acceptors (Lipinski definition) is 1. The average molecular weight is 226 g/mol. The van der Waals surface area contributed by atoms with Crippen molar-refractivity contribution < 1.29 is 5.11 Å². The second-order valence-electron chi connectivity index (χ2n) is 5.89. The van der Waals surface area contributed by atoms with E-state index in [0.29, 0.717) is 11.8 Å². The third-order valence-corrected chi connectivity index (χ3v) is 4.47. The van der Waals surface area contributed by atoms with E-state index in [9.17, 15) is 5.11 Å². The molecule has 1 fully saturated rings. The van der Waals surface area contributed by atoms with E-state index in [1.54, 1.807) is 0 Å². The highest BCUT2D eigenvalue weighted by atomic mass is 16.3. The van der Waals surface area contributed by atoms with Gasteiger partial charge in [0.2, 0.25) is 0 Å². The molecule has 1 aliphatic rings. The monoisotopic (exact) mass is 226 g/mol. The molecule has 0 aliphatic heterocycles. The largest absolute Gasteiger partial charge is 0.393 e. The van der Waals surface area contributed by atoms with Gasteiger partial charge in [0.25, 0.3) is 0 Å². The van der Waals surface area contributed by atoms with Gasteiger partial charge >= 0.3 is 0 Å². The molecule has 1 rings (SSSR count). The predicted octanol–water partition coefficient (Wildman–Crippen LogP) is 4.39. The van der Waals surface area contributed by atoms with Crippen LogP contribution >= 0.6 is 0 Å². The van der Waals surface area contributed by atoms with Crippen molar-refractivity contribution in [1.29, 1.82) is 0 Å². The lowest BCUT2D eigenvalue weighted by Gasteiger charge is -2.32. The fraction of sp³-hybridized carbons (Fsp3) is 1.00. The summed E-state index contributed by atoms with van der Waals surface area (Å²) < 4.78 is 0. The molecule has 0 heterocycles. The standard InChI is InChI=1S/C15H30O/c1-4-6-13-7-9-14(10-8-13)15(16)11-12(3)5-2/h12-16H,4-11H2,1-3H3. The summed E-state index contributed by atoms with van der Waals surface area (Å²) in [7, 11) is 0. The van der Waals surface area contributed by atoms with Crippen molar-refractivity contribution in [2.45, 2.75) is 78.2 Å². The Labute approximate surface area is 102 Å². The summed E-state index contributed by atoms with van der Waals surface area (Å²) in [5, 5.41) is 10.2. The third kappa shape index (κ3) is 4.45. The van der Waals surface area contributed by atoms with Crippen LogP contribution in [0.3, 0.4) is 0 Å². The van der Waals surface area contributed by atoms with Crippen LogP contribution in [0.15, 0.2) is 0 Å². The highest BCUT2D eigenvalue weighted by Gasteiger charge is 2.26. The zero-order valence-corrected chi connectivity index (χ0v) is 11.4. The van der Waals surface area contributed by atoms with Crippen LogP contribution in [0.5, 0.6) is 0 Å². The quantitative estimate of drug-likeness (QED) is 0.712. The van der Waals surface area contributed by atoms with Crippen LogP contribution in [0.1, 0.15) is 72.1 Å². The van der Waals surface area contributed by atoms with Crippen LogP contribution in [0.4, 0.5) is 0 Å². The second-order valence-corrected chi connectivity index (χ2v) is 5.89. The van der Waals surface area contributed by atoms with Gasteiger partial charge in [0, 0.05) is 0 Å². The van der Waals surface area contributed by atoms with Gasteiger partial charge in [-0.1, -0.05) is 52.9 Å². The SMILES string of the molecule is CCCC1CCC(C(O)CC(C)CC)CC1. The van der Waals surface area contributed by atoms with Crippen molar-refractivity contribution in [1.82, 2.24) is 0 Å². The van der Waals surface area contributed by atoms with E-state index in [4.69, 9.17) is 0 Å². The number of aliphatic hydroxyl groups is 1. The van der Waals surface area contributed by atoms with E-state index < -0.39 is 0 Å². The molecular formula is C15H30O. The highest BCUT2D eigenvalue weighted by molar-refractivity contribution is 4.78. The van der Waals surface area contributed by atoms with E-state index in [1.807, 2.05) is 0 Å². The van der Waals surface area contributed by atoms with Gasteiger partial charge in [-0.05, 0) is 37.0 Å². The van der Waals surface area contributed by atoms with Gasteiger partial charge in [-0.3, -0.25) is 0 Å². The van der Waals surface area contributed by atoms with Crippen molar-refractivity contribution in [3.8, 4) is 0 Å². The predicted molar refractivity (Wildman–Crippen MR) is 70.4 cm³/mol. The molecular weight excluding hydrogens is 196 g/mol. The Bertz CT molecular complexity index is 170. The lowest BCUT2D eigenvalue weighted by atomic mass is 9.76. The van der Waals surface area contributed by atoms with E-state index in [-0.39, 0.29) is 6.10 Å². The second kappa shape index (κ2) is 7.32. The molecule has 2 atom stereocenters. The first kappa shape index (κ1) is 14.0. The molecule has 1 saturated carbocycles. The first-order valence-electron chi connectivity index (χ1n) is 7.35. The smallest absolute Gasteiger partial charge is 0.0570 e. The molecule has 1 nitrogen and oxygen atoms in total. The maximum absolute atomic E-state index is 10.2. The summed E-state index contributed by atoms with van der Waals surface area (Å²) in [6.45, 7) is 6.76. The van der Waals surface area contributed by atoms with Crippen LogP contribution < -0.4 is 0 Å². The van der Waals surface area contributed by atoms with Crippen LogP contribution in [0.2, 0.25) is 0 Å². The summed E-state index contributed by atoms with van der Waals surface area (Å²) in [5.41, 5.74) is 0. The van der Waals surface area contributed by atoms with E-state index in [1.165, 1.54) is 44.9 Å². The fourth-order valence-electron chi connectivity index (χ4n) is 3.04. The third-order valence-electron chi connectivity index (χ3n) is 4.47. The molecule has 0 bridgehead atoms. The van der Waals surface area contributed by atoms with Crippen molar-refractivity contribution in [2.75, 3.05) is 0 Å². The maximum Gasteiger partial charge on any atom is 0.0570 e. The Hall–Kier alpha value is -0.0400. The molecule has 1 N–H and O–H groups in total. The average Bonchev–Trinajstić information content (AvgIpc) is 2.30. The maximum atomic E-state index is 10.2. The van der Waals surface area contributed by atoms with Crippen LogP contribution in [0.25, 0.3) is 0 Å². The Kier molecular flexibility index (Phi) is 6.41. The Morgan fingerprint density at radius 3 is 2.25 bits per heavy atom. The molecule has 0 radical (unpaired) electrons. The van der Waals surface area contributed by atoms with E-state index in [2.05, 4.69) is 20.8 Å². The van der Waals surface area contributed by atoms with Crippen LogP contribution in [0, 0.1) is 17.8 Å². The first-order valence-corrected chi connectivity index (χ1v) is 7.35. The summed E-state index contributed by atoms with van der Waals surface area (Å²) in [5.74, 6) is 2.24. The van der Waals surface area contributed by atoms with E-state index >= 15 is 0 Å². The molecule has 0 aromatic heterocycles. The number of aliphatic hydroxyl groups excluding tert-OH is 1. The van der Waals surface area contributed by atoms with Gasteiger partial charge in [0.05, 0.1) is 6.10 Å². The van der Waals surface area contributed by atoms with Gasteiger partial charge in [0.15, 0.2) is 0 Å². The summed E-state index contributed by atoms with van der Waals surface area (Å²) in [6, 6.07) is 0. The lowest BCUT2D eigenvalue weighted by molar-refractivity contribution is 0.0538. The van der Waals surface area contributed by atoms with Gasteiger partial charge in [-0.2, -0.15) is 0 Å². The van der Waals surface area contributed by atoms with Gasteiger partial charge in [-0.25, -0.2) is 0 Å². The van der Waals surface area contributed by atoms with Crippen LogP contribution in [-0.2, 0) is 0 Å². The molecule has 1 heteroatoms. The molecule has 0 amide bonds. The molecule has 96 valence electrons. The summed E-state index contributed by atoms with van der Waals surface area (Å²) in [6.07, 6.45) is 10.1. The molecule has 1 aliphatic carbocycles. The number of rotatable bonds is 6. The van der Waals surface area contributed by atoms with E-state index in [0.717, 1.165) is 12.3 Å². The molecule has 0 aromatic carbocycles. The zero-order chi connectivity index (χ0) is 12.0. The Morgan fingerprint density at radius 2 is 1.75 bits per heavy atom. The lowest BCUT2D eigenvalue weighted by Crippen LogP contribution is -2.27. The van der Waals surface area contributed by atoms with Gasteiger partial charge < -0.3 is 5.11 Å². The Morgan fingerprint density at radius 1 is 1.12 bits per heavy atom. The number of hydrogen-bond donors (Lipinski definition) is 1. The zero-order valence-electron chi connectivity index (χ0n) is 11.4. The van der Waals surface area contributed by atoms with Crippen molar-refractivity contribution in [3.63, 3.8) is 0 Å². The first-order chi connectivity index (χ1) is 7.67. The topological polar surface area (TPSA) is 20.2 Å². The minimum Gasteiger partial charge on any atom is -0.393 e. The molecule has 0 spiro atoms. The fourth-order valence-corrected chi connectivity index (χ4v) is 3.04. The summed E-state index contributed by atoms with van der Waals surface area (Å²) >= 11 is 0. The van der Waals surface area contributed by atoms with Crippen molar-refractivity contribution in [3.05, 3.63) is 0 Å². The minimum atomic E-state index is -0.0301. The van der Waals surface area contributed by atoms with Gasteiger partial charge in [0.1, 0.15) is 0 Å². The molecule has 16 heavy (non-hydrogen) atoms. The summed E-state index contributed by atoms with van der Waals surface area (Å²) in [4.78, 5) is 0. The molecule has 0 aromatic rings. The van der Waals surface area contributed by atoms with Crippen molar-refractivity contribution in [2.24, 2.45) is 17.8 Å². The highest BCUT2D eigenvalue weighted by Crippen LogP contribution is 2.34.